The van der Waals surface area contributed by atoms with Crippen molar-refractivity contribution >= 4 is 0 Å². The molecule has 2 rings (SSSR count). The molecule has 2 heteroatoms. The molecule has 0 radical (unpaired) electrons. The molecule has 100 valence electrons. The van der Waals surface area contributed by atoms with Crippen LogP contribution in [0.3, 0.4) is 0 Å². The Morgan fingerprint density at radius 3 is 2.42 bits per heavy atom. The van der Waals surface area contributed by atoms with E-state index >= 15 is 0 Å². The van der Waals surface area contributed by atoms with Crippen LogP contribution in [-0.2, 0) is 6.42 Å². The van der Waals surface area contributed by atoms with Crippen LogP contribution in [0, 0.1) is 19.7 Å². The van der Waals surface area contributed by atoms with E-state index in [0.717, 1.165) is 5.56 Å². The number of aryl methyl sites for hydroxylation is 2. The fourth-order valence-electron chi connectivity index (χ4n) is 2.25. The topological polar surface area (TPSA) is 12.0 Å². The third-order valence-corrected chi connectivity index (χ3v) is 3.66. The van der Waals surface area contributed by atoms with E-state index in [1.54, 1.807) is 6.07 Å². The number of hydrogen-bond acceptors (Lipinski definition) is 1. The van der Waals surface area contributed by atoms with Gasteiger partial charge in [0.25, 0.3) is 0 Å². The molecule has 1 N–H and O–H groups in total. The van der Waals surface area contributed by atoms with Crippen LogP contribution >= 0.6 is 0 Å². The van der Waals surface area contributed by atoms with E-state index in [-0.39, 0.29) is 11.9 Å². The van der Waals surface area contributed by atoms with Gasteiger partial charge in [-0.2, -0.15) is 0 Å². The largest absolute Gasteiger partial charge is 0.313 e. The van der Waals surface area contributed by atoms with Crippen LogP contribution in [-0.4, -0.2) is 7.05 Å². The summed E-state index contributed by atoms with van der Waals surface area (Å²) in [4.78, 5) is 0. The zero-order chi connectivity index (χ0) is 13.8. The first-order valence-electron chi connectivity index (χ1n) is 6.59. The summed E-state index contributed by atoms with van der Waals surface area (Å²) >= 11 is 0. The predicted molar refractivity (Wildman–Crippen MR) is 77.8 cm³/mol. The summed E-state index contributed by atoms with van der Waals surface area (Å²) in [5, 5.41) is 3.27. The number of nitrogens with one attached hydrogen (secondary N) is 1. The van der Waals surface area contributed by atoms with Crippen LogP contribution in [0.1, 0.15) is 28.3 Å². The fraction of sp³-hybridized carbons (Fsp3) is 0.294. The van der Waals surface area contributed by atoms with Gasteiger partial charge in [-0.25, -0.2) is 4.39 Å². The molecule has 19 heavy (non-hydrogen) atoms. The first-order valence-corrected chi connectivity index (χ1v) is 6.59. The van der Waals surface area contributed by atoms with Gasteiger partial charge in [-0.15, -0.1) is 0 Å². The van der Waals surface area contributed by atoms with Gasteiger partial charge in [0, 0.05) is 6.04 Å². The Balaban J connectivity index is 2.25. The molecule has 0 saturated carbocycles. The monoisotopic (exact) mass is 257 g/mol. The highest BCUT2D eigenvalue weighted by atomic mass is 19.1. The lowest BCUT2D eigenvalue weighted by molar-refractivity contribution is 0.554. The molecule has 0 aliphatic rings. The Labute approximate surface area is 114 Å². The van der Waals surface area contributed by atoms with E-state index in [2.05, 4.69) is 37.4 Å². The zero-order valence-corrected chi connectivity index (χ0v) is 11.7. The molecule has 0 bridgehead atoms. The summed E-state index contributed by atoms with van der Waals surface area (Å²) in [5.41, 5.74) is 4.50. The first-order chi connectivity index (χ1) is 9.11. The highest BCUT2D eigenvalue weighted by Crippen LogP contribution is 2.22. The summed E-state index contributed by atoms with van der Waals surface area (Å²) in [6, 6.07) is 13.5. The summed E-state index contributed by atoms with van der Waals surface area (Å²) < 4.78 is 13.7. The second kappa shape index (κ2) is 5.98. The predicted octanol–water partition coefficient (Wildman–Crippen LogP) is 3.95. The van der Waals surface area contributed by atoms with Gasteiger partial charge in [-0.3, -0.25) is 0 Å². The van der Waals surface area contributed by atoms with Crippen LogP contribution in [0.15, 0.2) is 42.5 Å². The zero-order valence-electron chi connectivity index (χ0n) is 11.7. The quantitative estimate of drug-likeness (QED) is 0.874. The molecular formula is C17H20FN. The van der Waals surface area contributed by atoms with Crippen molar-refractivity contribution in [2.45, 2.75) is 26.3 Å². The molecule has 0 heterocycles. The van der Waals surface area contributed by atoms with Crippen molar-refractivity contribution < 1.29 is 4.39 Å². The highest BCUT2D eigenvalue weighted by molar-refractivity contribution is 5.33. The maximum Gasteiger partial charge on any atom is 0.126 e. The van der Waals surface area contributed by atoms with Gasteiger partial charge in [0.1, 0.15) is 5.82 Å². The molecular weight excluding hydrogens is 237 g/mol. The lowest BCUT2D eigenvalue weighted by Crippen LogP contribution is -2.19. The second-order valence-electron chi connectivity index (χ2n) is 4.98. The van der Waals surface area contributed by atoms with Crippen molar-refractivity contribution in [2.75, 3.05) is 7.05 Å². The number of hydrogen-bond donors (Lipinski definition) is 1. The smallest absolute Gasteiger partial charge is 0.126 e. The van der Waals surface area contributed by atoms with E-state index < -0.39 is 0 Å². The molecule has 1 atom stereocenters. The SMILES string of the molecule is CNC(Cc1ccccc1F)c1ccc(C)c(C)c1. The number of benzene rings is 2. The molecule has 0 fully saturated rings. The van der Waals surface area contributed by atoms with Crippen molar-refractivity contribution in [1.29, 1.82) is 0 Å². The average Bonchev–Trinajstić information content (AvgIpc) is 2.41. The van der Waals surface area contributed by atoms with Crippen LogP contribution in [0.25, 0.3) is 0 Å². The number of rotatable bonds is 4. The van der Waals surface area contributed by atoms with E-state index in [4.69, 9.17) is 0 Å². The van der Waals surface area contributed by atoms with E-state index in [0.29, 0.717) is 6.42 Å². The van der Waals surface area contributed by atoms with Gasteiger partial charge in [0.2, 0.25) is 0 Å². The second-order valence-corrected chi connectivity index (χ2v) is 4.98. The summed E-state index contributed by atoms with van der Waals surface area (Å²) in [6.07, 6.45) is 0.658. The summed E-state index contributed by atoms with van der Waals surface area (Å²) in [5.74, 6) is -0.133. The van der Waals surface area contributed by atoms with Crippen LogP contribution in [0.2, 0.25) is 0 Å². The minimum Gasteiger partial charge on any atom is -0.313 e. The molecule has 0 aromatic heterocycles. The normalized spacial score (nSPS) is 12.4. The third-order valence-electron chi connectivity index (χ3n) is 3.66. The Hall–Kier alpha value is -1.67. The summed E-state index contributed by atoms with van der Waals surface area (Å²) in [7, 11) is 1.92. The first kappa shape index (κ1) is 13.8. The molecule has 2 aromatic rings. The molecule has 0 aliphatic carbocycles. The van der Waals surface area contributed by atoms with Crippen LogP contribution < -0.4 is 5.32 Å². The highest BCUT2D eigenvalue weighted by Gasteiger charge is 2.13. The standard InChI is InChI=1S/C17H20FN/c1-12-8-9-15(10-13(12)2)17(19-3)11-14-6-4-5-7-16(14)18/h4-10,17,19H,11H2,1-3H3. The van der Waals surface area contributed by atoms with E-state index in [1.807, 2.05) is 19.2 Å². The van der Waals surface area contributed by atoms with Crippen molar-refractivity contribution in [2.24, 2.45) is 0 Å². The Morgan fingerprint density at radius 2 is 1.79 bits per heavy atom. The molecule has 0 spiro atoms. The maximum atomic E-state index is 13.7. The molecule has 1 unspecified atom stereocenters. The van der Waals surface area contributed by atoms with Gasteiger partial charge in [-0.1, -0.05) is 36.4 Å². The molecule has 0 aliphatic heterocycles. The van der Waals surface area contributed by atoms with E-state index in [9.17, 15) is 4.39 Å². The Morgan fingerprint density at radius 1 is 1.05 bits per heavy atom. The summed E-state index contributed by atoms with van der Waals surface area (Å²) in [6.45, 7) is 4.21. The van der Waals surface area contributed by atoms with Gasteiger partial charge < -0.3 is 5.32 Å². The average molecular weight is 257 g/mol. The maximum absolute atomic E-state index is 13.7. The molecule has 0 amide bonds. The van der Waals surface area contributed by atoms with Crippen molar-refractivity contribution in [1.82, 2.24) is 5.32 Å². The van der Waals surface area contributed by atoms with Crippen molar-refractivity contribution in [3.05, 3.63) is 70.5 Å². The lowest BCUT2D eigenvalue weighted by atomic mass is 9.96. The van der Waals surface area contributed by atoms with Crippen molar-refractivity contribution in [3.8, 4) is 0 Å². The minimum absolute atomic E-state index is 0.133. The number of halogens is 1. The minimum atomic E-state index is -0.133. The Kier molecular flexibility index (Phi) is 4.33. The third kappa shape index (κ3) is 3.21. The van der Waals surface area contributed by atoms with E-state index in [1.165, 1.54) is 22.8 Å². The Bertz CT molecular complexity index is 563. The van der Waals surface area contributed by atoms with Gasteiger partial charge in [0.05, 0.1) is 0 Å². The number of likely N-dealkylation sites (N-methyl/N-ethyl adjacent to an activating group) is 1. The van der Waals surface area contributed by atoms with Gasteiger partial charge in [0.15, 0.2) is 0 Å². The van der Waals surface area contributed by atoms with Gasteiger partial charge in [-0.05, 0) is 55.6 Å². The molecule has 1 nitrogen and oxygen atoms in total. The lowest BCUT2D eigenvalue weighted by Gasteiger charge is -2.18. The van der Waals surface area contributed by atoms with Crippen molar-refractivity contribution in [3.63, 3.8) is 0 Å². The van der Waals surface area contributed by atoms with Gasteiger partial charge >= 0.3 is 0 Å². The molecule has 0 saturated heterocycles. The fourth-order valence-corrected chi connectivity index (χ4v) is 2.25. The van der Waals surface area contributed by atoms with Crippen LogP contribution in [0.5, 0.6) is 0 Å². The van der Waals surface area contributed by atoms with Crippen LogP contribution in [0.4, 0.5) is 4.39 Å². The molecule has 2 aromatic carbocycles.